The van der Waals surface area contributed by atoms with E-state index in [1.165, 1.54) is 6.42 Å². The first-order valence-electron chi connectivity index (χ1n) is 7.31. The number of fused-ring (bicyclic) bond motifs is 1. The third kappa shape index (κ3) is 2.47. The second kappa shape index (κ2) is 5.21. The van der Waals surface area contributed by atoms with Gasteiger partial charge in [0.1, 0.15) is 0 Å². The molecule has 0 amide bonds. The van der Waals surface area contributed by atoms with Gasteiger partial charge in [-0.05, 0) is 37.3 Å². The first-order valence-corrected chi connectivity index (χ1v) is 8.19. The fourth-order valence-electron chi connectivity index (χ4n) is 3.31. The highest BCUT2D eigenvalue weighted by atomic mass is 32.1. The van der Waals surface area contributed by atoms with Gasteiger partial charge in [0.25, 0.3) is 0 Å². The fourth-order valence-corrected chi connectivity index (χ4v) is 4.23. The first-order chi connectivity index (χ1) is 9.54. The third-order valence-corrected chi connectivity index (χ3v) is 5.07. The molecule has 0 bridgehead atoms. The zero-order valence-corrected chi connectivity index (χ0v) is 13.2. The topological polar surface area (TPSA) is 20.3 Å². The number of anilines is 1. The van der Waals surface area contributed by atoms with Gasteiger partial charge in [0.05, 0.1) is 5.69 Å². The zero-order valence-electron chi connectivity index (χ0n) is 12.3. The lowest BCUT2D eigenvalue weighted by molar-refractivity contribution is 0.356. The van der Waals surface area contributed by atoms with Gasteiger partial charge in [-0.25, -0.2) is 0 Å². The molecule has 0 N–H and O–H groups in total. The van der Waals surface area contributed by atoms with E-state index in [1.807, 2.05) is 18.4 Å². The highest BCUT2D eigenvalue weighted by molar-refractivity contribution is 7.16. The van der Waals surface area contributed by atoms with E-state index in [0.717, 1.165) is 34.4 Å². The maximum atomic E-state index is 12.8. The van der Waals surface area contributed by atoms with Crippen LogP contribution in [0.15, 0.2) is 28.4 Å². The predicted molar refractivity (Wildman–Crippen MR) is 88.0 cm³/mol. The van der Waals surface area contributed by atoms with E-state index in [0.29, 0.717) is 11.8 Å². The van der Waals surface area contributed by atoms with Crippen molar-refractivity contribution in [1.82, 2.24) is 0 Å². The summed E-state index contributed by atoms with van der Waals surface area (Å²) in [7, 11) is 0. The van der Waals surface area contributed by atoms with Gasteiger partial charge in [0.2, 0.25) is 5.43 Å². The quantitative estimate of drug-likeness (QED) is 0.788. The predicted octanol–water partition coefficient (Wildman–Crippen LogP) is 4.05. The Kier molecular flexibility index (Phi) is 3.55. The second-order valence-electron chi connectivity index (χ2n) is 6.30. The molecule has 0 aliphatic carbocycles. The van der Waals surface area contributed by atoms with Gasteiger partial charge in [-0.1, -0.05) is 25.5 Å². The molecule has 1 aliphatic rings. The lowest BCUT2D eigenvalue weighted by Crippen LogP contribution is -2.40. The Balaban J connectivity index is 2.08. The molecule has 2 aromatic rings. The fraction of sp³-hybridized carbons (Fsp3) is 0.471. The summed E-state index contributed by atoms with van der Waals surface area (Å²) in [5.74, 6) is 1.33. The second-order valence-corrected chi connectivity index (χ2v) is 7.21. The summed E-state index contributed by atoms with van der Waals surface area (Å²) in [4.78, 5) is 15.0. The molecule has 1 fully saturated rings. The van der Waals surface area contributed by atoms with Crippen LogP contribution in [0.25, 0.3) is 10.1 Å². The molecule has 3 heteroatoms. The smallest absolute Gasteiger partial charge is 0.211 e. The van der Waals surface area contributed by atoms with Gasteiger partial charge in [-0.3, -0.25) is 4.79 Å². The molecule has 0 radical (unpaired) electrons. The van der Waals surface area contributed by atoms with E-state index in [1.54, 1.807) is 11.3 Å². The van der Waals surface area contributed by atoms with Gasteiger partial charge >= 0.3 is 0 Å². The number of piperidine rings is 1. The maximum absolute atomic E-state index is 12.8. The van der Waals surface area contributed by atoms with Crippen molar-refractivity contribution in [3.8, 4) is 0 Å². The molecular weight excluding hydrogens is 266 g/mol. The van der Waals surface area contributed by atoms with Crippen LogP contribution in [0.3, 0.4) is 0 Å². The summed E-state index contributed by atoms with van der Waals surface area (Å²) in [6.07, 6.45) is 1.26. The summed E-state index contributed by atoms with van der Waals surface area (Å²) < 4.78 is 1.09. The van der Waals surface area contributed by atoms with E-state index in [9.17, 15) is 4.79 Å². The Morgan fingerprint density at radius 3 is 2.60 bits per heavy atom. The number of nitrogens with zero attached hydrogens (tertiary/aromatic N) is 1. The van der Waals surface area contributed by atoms with Crippen molar-refractivity contribution < 1.29 is 0 Å². The Hall–Kier alpha value is -1.35. The van der Waals surface area contributed by atoms with Gasteiger partial charge in [0.15, 0.2) is 0 Å². The van der Waals surface area contributed by atoms with Crippen molar-refractivity contribution in [3.05, 3.63) is 39.4 Å². The normalized spacial score (nSPS) is 23.2. The van der Waals surface area contributed by atoms with E-state index >= 15 is 0 Å². The molecular formula is C17H21NOS. The van der Waals surface area contributed by atoms with Crippen molar-refractivity contribution in [2.75, 3.05) is 18.0 Å². The maximum Gasteiger partial charge on any atom is 0.211 e. The molecule has 0 spiro atoms. The number of benzene rings is 1. The summed E-state index contributed by atoms with van der Waals surface area (Å²) >= 11 is 1.68. The zero-order chi connectivity index (χ0) is 14.3. The molecule has 2 atom stereocenters. The van der Waals surface area contributed by atoms with Crippen molar-refractivity contribution in [2.24, 2.45) is 11.8 Å². The standard InChI is InChI=1S/C17H21NOS/c1-11-4-5-16-14(7-11)17(19)15(10-20-16)18-8-12(2)6-13(3)9-18/h4-5,7,10,12-13H,6,8-9H2,1-3H3. The van der Waals surface area contributed by atoms with Crippen LogP contribution in [-0.2, 0) is 0 Å². The SMILES string of the molecule is Cc1ccc2scc(N3CC(C)CC(C)C3)c(=O)c2c1. The Morgan fingerprint density at radius 2 is 1.90 bits per heavy atom. The molecule has 1 saturated heterocycles. The van der Waals surface area contributed by atoms with Crippen LogP contribution in [0.4, 0.5) is 5.69 Å². The van der Waals surface area contributed by atoms with Crippen molar-refractivity contribution in [2.45, 2.75) is 27.2 Å². The lowest BCUT2D eigenvalue weighted by atomic mass is 9.91. The Bertz CT molecular complexity index is 681. The molecule has 106 valence electrons. The molecule has 20 heavy (non-hydrogen) atoms. The van der Waals surface area contributed by atoms with Crippen LogP contribution in [0.5, 0.6) is 0 Å². The van der Waals surface area contributed by atoms with E-state index in [-0.39, 0.29) is 5.43 Å². The molecule has 1 aromatic heterocycles. The van der Waals surface area contributed by atoms with E-state index in [4.69, 9.17) is 0 Å². The largest absolute Gasteiger partial charge is 0.367 e. The van der Waals surface area contributed by atoms with Crippen LogP contribution in [-0.4, -0.2) is 13.1 Å². The van der Waals surface area contributed by atoms with Gasteiger partial charge in [0, 0.05) is 28.6 Å². The third-order valence-electron chi connectivity index (χ3n) is 4.12. The minimum atomic E-state index is 0.198. The number of aryl methyl sites for hydroxylation is 1. The highest BCUT2D eigenvalue weighted by Crippen LogP contribution is 2.27. The molecule has 1 aliphatic heterocycles. The van der Waals surface area contributed by atoms with E-state index in [2.05, 4.69) is 30.9 Å². The van der Waals surface area contributed by atoms with Crippen LogP contribution in [0.2, 0.25) is 0 Å². The van der Waals surface area contributed by atoms with Crippen LogP contribution < -0.4 is 10.3 Å². The molecule has 1 aromatic carbocycles. The summed E-state index contributed by atoms with van der Waals surface area (Å²) in [6.45, 7) is 8.61. The Morgan fingerprint density at radius 1 is 1.20 bits per heavy atom. The molecule has 2 nitrogen and oxygen atoms in total. The number of hydrogen-bond donors (Lipinski definition) is 0. The average molecular weight is 287 g/mol. The Labute approximate surface area is 124 Å². The van der Waals surface area contributed by atoms with Gasteiger partial charge < -0.3 is 4.90 Å². The average Bonchev–Trinajstić information content (AvgIpc) is 2.38. The minimum Gasteiger partial charge on any atom is -0.367 e. The summed E-state index contributed by atoms with van der Waals surface area (Å²) in [6, 6.07) is 6.15. The van der Waals surface area contributed by atoms with Crippen LogP contribution in [0, 0.1) is 18.8 Å². The highest BCUT2D eigenvalue weighted by Gasteiger charge is 2.24. The van der Waals surface area contributed by atoms with Crippen LogP contribution in [0.1, 0.15) is 25.8 Å². The molecule has 2 unspecified atom stereocenters. The summed E-state index contributed by atoms with van der Waals surface area (Å²) in [5.41, 5.74) is 2.24. The first kappa shape index (κ1) is 13.6. The summed E-state index contributed by atoms with van der Waals surface area (Å²) in [5, 5.41) is 2.92. The number of rotatable bonds is 1. The monoisotopic (exact) mass is 287 g/mol. The minimum absolute atomic E-state index is 0.198. The number of hydrogen-bond acceptors (Lipinski definition) is 3. The molecule has 3 rings (SSSR count). The van der Waals surface area contributed by atoms with Crippen molar-refractivity contribution in [3.63, 3.8) is 0 Å². The lowest BCUT2D eigenvalue weighted by Gasteiger charge is -2.36. The molecule has 0 saturated carbocycles. The van der Waals surface area contributed by atoms with Crippen LogP contribution >= 0.6 is 11.3 Å². The van der Waals surface area contributed by atoms with Gasteiger partial charge in [-0.15, -0.1) is 11.3 Å². The van der Waals surface area contributed by atoms with Crippen molar-refractivity contribution >= 4 is 27.1 Å². The molecule has 2 heterocycles. The van der Waals surface area contributed by atoms with E-state index < -0.39 is 0 Å². The van der Waals surface area contributed by atoms with Gasteiger partial charge in [-0.2, -0.15) is 0 Å². The van der Waals surface area contributed by atoms with Crippen molar-refractivity contribution in [1.29, 1.82) is 0 Å².